The van der Waals surface area contributed by atoms with Gasteiger partial charge in [0.1, 0.15) is 11.6 Å². The lowest BCUT2D eigenvalue weighted by atomic mass is 9.96. The van der Waals surface area contributed by atoms with Gasteiger partial charge in [0, 0.05) is 29.8 Å². The molecule has 354 valence electrons. The zero-order valence-corrected chi connectivity index (χ0v) is 37.7. The van der Waals surface area contributed by atoms with Crippen LogP contribution in [0, 0.1) is 0 Å². The van der Waals surface area contributed by atoms with Crippen molar-refractivity contribution in [3.05, 3.63) is 167 Å². The Morgan fingerprint density at radius 1 is 0.588 bits per heavy atom. The predicted molar refractivity (Wildman–Crippen MR) is 249 cm³/mol. The summed E-state index contributed by atoms with van der Waals surface area (Å²) < 4.78 is 123. The van der Waals surface area contributed by atoms with E-state index < -0.39 is 37.2 Å². The topological polar surface area (TPSA) is 187 Å². The first-order valence-corrected chi connectivity index (χ1v) is 23.7. The Morgan fingerprint density at radius 3 is 1.43 bits per heavy atom. The number of H-pyrrole nitrogens is 2. The maximum Gasteiger partial charge on any atom is 0.516 e. The van der Waals surface area contributed by atoms with E-state index >= 15 is 0 Å². The van der Waals surface area contributed by atoms with Gasteiger partial charge >= 0.3 is 31.1 Å². The van der Waals surface area contributed by atoms with Crippen LogP contribution in [-0.4, -0.2) is 58.7 Å². The number of imidazole rings is 2. The summed E-state index contributed by atoms with van der Waals surface area (Å²) in [5.41, 5.74) is -1.08. The molecule has 0 spiro atoms. The van der Waals surface area contributed by atoms with E-state index in [9.17, 15) is 53.1 Å². The van der Waals surface area contributed by atoms with E-state index in [4.69, 9.17) is 0 Å². The standard InChI is InChI=1S/C24H22F3N3O3S.C24H20F3N3O3S/c2*1-15(31)19-4-2-3-5-20(19)17-9-12-21-22(14-17)29-23(28-21)13-8-16-6-10-18(11-7-16)30-34(32,33)24(25,26)27/h2-7,9-12,14-15,30-31H,8,13H2,1H3,(H,28,29);2-7,9-12,14,30H,8,13H2,1H3,(H,28,29). The van der Waals surface area contributed by atoms with Crippen molar-refractivity contribution in [2.24, 2.45) is 0 Å². The van der Waals surface area contributed by atoms with Crippen molar-refractivity contribution >= 4 is 59.3 Å². The number of hydrogen-bond donors (Lipinski definition) is 5. The number of halogens is 6. The van der Waals surface area contributed by atoms with Crippen molar-refractivity contribution in [3.8, 4) is 22.3 Å². The Hall–Kier alpha value is -7.03. The number of fused-ring (bicyclic) bond motifs is 2. The van der Waals surface area contributed by atoms with E-state index in [1.54, 1.807) is 37.3 Å². The number of benzene rings is 6. The van der Waals surface area contributed by atoms with Gasteiger partial charge in [-0.05, 0) is 114 Å². The van der Waals surface area contributed by atoms with E-state index in [0.29, 0.717) is 31.2 Å². The maximum absolute atomic E-state index is 12.5. The van der Waals surface area contributed by atoms with Gasteiger partial charge in [0.15, 0.2) is 5.78 Å². The summed E-state index contributed by atoms with van der Waals surface area (Å²) in [6, 6.07) is 38.0. The number of sulfonamides is 2. The molecule has 0 amide bonds. The number of ketones is 1. The van der Waals surface area contributed by atoms with Crippen LogP contribution < -0.4 is 9.44 Å². The molecule has 0 aliphatic heterocycles. The van der Waals surface area contributed by atoms with E-state index in [-0.39, 0.29) is 17.2 Å². The lowest BCUT2D eigenvalue weighted by molar-refractivity contribution is -0.0435. The molecule has 2 aromatic heterocycles. The van der Waals surface area contributed by atoms with Crippen LogP contribution in [0.4, 0.5) is 37.7 Å². The van der Waals surface area contributed by atoms with Gasteiger partial charge in [-0.15, -0.1) is 0 Å². The minimum Gasteiger partial charge on any atom is -0.389 e. The number of Topliss-reactive ketones (excluding diaryl/α,β-unsaturated/α-hetero) is 1. The average Bonchev–Trinajstić information content (AvgIpc) is 3.91. The quantitative estimate of drug-likeness (QED) is 0.0526. The van der Waals surface area contributed by atoms with Crippen LogP contribution >= 0.6 is 0 Å². The molecular weight excluding hydrogens is 935 g/mol. The molecule has 0 bridgehead atoms. The second-order valence-electron chi connectivity index (χ2n) is 15.7. The van der Waals surface area contributed by atoms with E-state index in [1.807, 2.05) is 78.9 Å². The summed E-state index contributed by atoms with van der Waals surface area (Å²) >= 11 is 0. The molecule has 5 N–H and O–H groups in total. The number of nitrogens with one attached hydrogen (secondary N) is 4. The minimum absolute atomic E-state index is 0.0155. The van der Waals surface area contributed by atoms with Crippen LogP contribution in [-0.2, 0) is 45.7 Å². The van der Waals surface area contributed by atoms with Gasteiger partial charge in [-0.3, -0.25) is 14.2 Å². The van der Waals surface area contributed by atoms with Crippen molar-refractivity contribution < 1.29 is 53.1 Å². The first-order valence-electron chi connectivity index (χ1n) is 20.8. The fraction of sp³-hybridized carbons (Fsp3) is 0.188. The maximum atomic E-state index is 12.5. The molecule has 20 heteroatoms. The second-order valence-corrected chi connectivity index (χ2v) is 19.0. The number of aliphatic hydroxyl groups is 1. The third-order valence-corrected chi connectivity index (χ3v) is 13.0. The smallest absolute Gasteiger partial charge is 0.389 e. The van der Waals surface area contributed by atoms with Crippen molar-refractivity contribution in [1.29, 1.82) is 0 Å². The highest BCUT2D eigenvalue weighted by Crippen LogP contribution is 2.32. The summed E-state index contributed by atoms with van der Waals surface area (Å²) in [6.07, 6.45) is 1.61. The van der Waals surface area contributed by atoms with Gasteiger partial charge in [-0.2, -0.15) is 43.2 Å². The monoisotopic (exact) mass is 976 g/mol. The molecule has 0 aliphatic rings. The number of hydrogen-bond acceptors (Lipinski definition) is 8. The molecule has 0 fully saturated rings. The molecule has 8 rings (SSSR count). The van der Waals surface area contributed by atoms with Crippen molar-refractivity contribution in [2.75, 3.05) is 9.44 Å². The van der Waals surface area contributed by atoms with Crippen molar-refractivity contribution in [3.63, 3.8) is 0 Å². The normalized spacial score (nSPS) is 12.7. The number of aliphatic hydroxyl groups excluding tert-OH is 1. The Kier molecular flexibility index (Phi) is 14.1. The zero-order chi connectivity index (χ0) is 49.0. The predicted octanol–water partition coefficient (Wildman–Crippen LogP) is 10.8. The van der Waals surface area contributed by atoms with E-state index in [1.165, 1.54) is 40.6 Å². The minimum atomic E-state index is -5.45. The molecule has 2 heterocycles. The Morgan fingerprint density at radius 2 is 1.00 bits per heavy atom. The number of alkyl halides is 6. The number of nitrogens with zero attached hydrogens (tertiary/aromatic N) is 2. The highest BCUT2D eigenvalue weighted by atomic mass is 32.2. The molecule has 0 aliphatic carbocycles. The summed E-state index contributed by atoms with van der Waals surface area (Å²) in [5, 5.41) is 10.1. The fourth-order valence-electron chi connectivity index (χ4n) is 7.29. The van der Waals surface area contributed by atoms with Gasteiger partial charge < -0.3 is 15.1 Å². The SMILES string of the molecule is CC(=O)c1ccccc1-c1ccc2nc(CCc3ccc(NS(=O)(=O)C(F)(F)F)cc3)[nH]c2c1.CC(O)c1ccccc1-c1ccc2nc(CCc3ccc(NS(=O)(=O)C(F)(F)F)cc3)[nH]c2c1. The van der Waals surface area contributed by atoms with Crippen LogP contribution in [0.15, 0.2) is 133 Å². The first-order chi connectivity index (χ1) is 32.1. The molecule has 0 saturated heterocycles. The van der Waals surface area contributed by atoms with Crippen molar-refractivity contribution in [1.82, 2.24) is 19.9 Å². The Labute approximate surface area is 386 Å². The Balaban J connectivity index is 0.000000201. The second kappa shape index (κ2) is 19.7. The highest BCUT2D eigenvalue weighted by Gasteiger charge is 2.46. The number of rotatable bonds is 14. The summed E-state index contributed by atoms with van der Waals surface area (Å²) in [6.45, 7) is 3.26. The van der Waals surface area contributed by atoms with Crippen LogP contribution in [0.5, 0.6) is 0 Å². The number of carbonyl (C=O) groups excluding carboxylic acids is 1. The third-order valence-electron chi connectivity index (χ3n) is 10.7. The fourth-order valence-corrected chi connectivity index (χ4v) is 8.42. The van der Waals surface area contributed by atoms with Gasteiger partial charge in [0.25, 0.3) is 0 Å². The lowest BCUT2D eigenvalue weighted by Crippen LogP contribution is -2.29. The molecule has 8 aromatic rings. The number of aromatic nitrogens is 4. The zero-order valence-electron chi connectivity index (χ0n) is 36.1. The van der Waals surface area contributed by atoms with Crippen molar-refractivity contribution in [2.45, 2.75) is 56.7 Å². The van der Waals surface area contributed by atoms with Crippen LogP contribution in [0.25, 0.3) is 44.3 Å². The number of aromatic amines is 2. The molecule has 1 unspecified atom stereocenters. The Bertz CT molecular complexity index is 3320. The average molecular weight is 977 g/mol. The number of anilines is 2. The van der Waals surface area contributed by atoms with Crippen LogP contribution in [0.3, 0.4) is 0 Å². The van der Waals surface area contributed by atoms with Gasteiger partial charge in [-0.25, -0.2) is 9.97 Å². The largest absolute Gasteiger partial charge is 0.516 e. The molecule has 6 aromatic carbocycles. The van der Waals surface area contributed by atoms with E-state index in [2.05, 4.69) is 19.9 Å². The van der Waals surface area contributed by atoms with E-state index in [0.717, 1.165) is 72.7 Å². The molecule has 12 nitrogen and oxygen atoms in total. The molecule has 0 radical (unpaired) electrons. The molecule has 1 atom stereocenters. The lowest BCUT2D eigenvalue weighted by Gasteiger charge is -2.11. The van der Waals surface area contributed by atoms with Gasteiger partial charge in [0.05, 0.1) is 28.2 Å². The van der Waals surface area contributed by atoms with Crippen LogP contribution in [0.2, 0.25) is 0 Å². The van der Waals surface area contributed by atoms with Gasteiger partial charge in [-0.1, -0.05) is 84.9 Å². The summed E-state index contributed by atoms with van der Waals surface area (Å²) in [4.78, 5) is 27.7. The summed E-state index contributed by atoms with van der Waals surface area (Å²) in [7, 11) is -10.9. The molecule has 68 heavy (non-hydrogen) atoms. The first kappa shape index (κ1) is 48.9. The molecular formula is C48H42F6N6O6S2. The summed E-state index contributed by atoms with van der Waals surface area (Å²) in [5.74, 6) is 1.46. The molecule has 0 saturated carbocycles. The number of carbonyl (C=O) groups is 1. The third kappa shape index (κ3) is 11.6. The van der Waals surface area contributed by atoms with Gasteiger partial charge in [0.2, 0.25) is 0 Å². The van der Waals surface area contributed by atoms with Crippen LogP contribution in [0.1, 0.15) is 58.6 Å². The highest BCUT2D eigenvalue weighted by molar-refractivity contribution is 7.93. The number of aryl methyl sites for hydroxylation is 4.